The molecule has 0 radical (unpaired) electrons. The van der Waals surface area contributed by atoms with E-state index in [0.29, 0.717) is 12.2 Å². The van der Waals surface area contributed by atoms with Crippen LogP contribution in [-0.2, 0) is 17.8 Å². The number of carbonyl (C=O) groups excluding carboxylic acids is 1. The van der Waals surface area contributed by atoms with Crippen molar-refractivity contribution in [2.24, 2.45) is 17.8 Å². The first-order chi connectivity index (χ1) is 9.78. The number of hydrogen-bond donors (Lipinski definition) is 0. The van der Waals surface area contributed by atoms with Crippen molar-refractivity contribution in [2.75, 3.05) is 0 Å². The SMILES string of the molecule is CCn1ncnc1CC(=O)C1CCC2CCCCC2C1. The summed E-state index contributed by atoms with van der Waals surface area (Å²) in [6.07, 6.45) is 11.0. The van der Waals surface area contributed by atoms with Crippen LogP contribution in [0.15, 0.2) is 6.33 Å². The molecule has 0 saturated heterocycles. The maximum absolute atomic E-state index is 12.5. The molecule has 2 fully saturated rings. The third kappa shape index (κ3) is 2.79. The van der Waals surface area contributed by atoms with Crippen LogP contribution < -0.4 is 0 Å². The number of carbonyl (C=O) groups is 1. The van der Waals surface area contributed by atoms with Crippen molar-refractivity contribution in [3.63, 3.8) is 0 Å². The van der Waals surface area contributed by atoms with Gasteiger partial charge in [0.25, 0.3) is 0 Å². The average Bonchev–Trinajstić information content (AvgIpc) is 2.94. The first-order valence-corrected chi connectivity index (χ1v) is 8.17. The van der Waals surface area contributed by atoms with Crippen LogP contribution in [0.5, 0.6) is 0 Å². The zero-order chi connectivity index (χ0) is 13.9. The molecule has 1 heterocycles. The van der Waals surface area contributed by atoms with Gasteiger partial charge in [0.15, 0.2) is 0 Å². The van der Waals surface area contributed by atoms with Gasteiger partial charge in [0.05, 0.1) is 6.42 Å². The molecule has 0 amide bonds. The molecule has 110 valence electrons. The van der Waals surface area contributed by atoms with Crippen LogP contribution in [0, 0.1) is 17.8 Å². The Balaban J connectivity index is 1.60. The lowest BCUT2D eigenvalue weighted by Crippen LogP contribution is -2.32. The minimum atomic E-state index is 0.274. The van der Waals surface area contributed by atoms with E-state index >= 15 is 0 Å². The molecule has 2 aliphatic rings. The fraction of sp³-hybridized carbons (Fsp3) is 0.812. The Kier molecular flexibility index (Phi) is 4.18. The van der Waals surface area contributed by atoms with Gasteiger partial charge >= 0.3 is 0 Å². The van der Waals surface area contributed by atoms with Gasteiger partial charge in [0, 0.05) is 12.5 Å². The summed E-state index contributed by atoms with van der Waals surface area (Å²) < 4.78 is 1.84. The summed E-state index contributed by atoms with van der Waals surface area (Å²) in [5, 5.41) is 4.15. The number of hydrogen-bond acceptors (Lipinski definition) is 3. The van der Waals surface area contributed by atoms with E-state index in [1.165, 1.54) is 32.1 Å². The Morgan fingerprint density at radius 3 is 2.85 bits per heavy atom. The summed E-state index contributed by atoms with van der Waals surface area (Å²) in [4.78, 5) is 16.8. The van der Waals surface area contributed by atoms with Crippen molar-refractivity contribution in [3.8, 4) is 0 Å². The molecule has 0 N–H and O–H groups in total. The molecule has 0 aromatic carbocycles. The molecule has 0 bridgehead atoms. The molecule has 3 unspecified atom stereocenters. The molecular formula is C16H25N3O. The average molecular weight is 275 g/mol. The fourth-order valence-electron chi connectivity index (χ4n) is 4.16. The van der Waals surface area contributed by atoms with Crippen LogP contribution in [0.2, 0.25) is 0 Å². The van der Waals surface area contributed by atoms with Crippen molar-refractivity contribution in [1.29, 1.82) is 0 Å². The normalized spacial score (nSPS) is 29.9. The standard InChI is InChI=1S/C16H25N3O/c1-2-19-16(17-11-18-19)10-15(20)14-8-7-12-5-3-4-6-13(12)9-14/h11-14H,2-10H2,1H3. The molecule has 0 aliphatic heterocycles. The molecule has 20 heavy (non-hydrogen) atoms. The van der Waals surface area contributed by atoms with Crippen LogP contribution in [0.3, 0.4) is 0 Å². The Hall–Kier alpha value is -1.19. The summed E-state index contributed by atoms with van der Waals surface area (Å²) in [7, 11) is 0. The van der Waals surface area contributed by atoms with Crippen molar-refractivity contribution in [2.45, 2.75) is 64.8 Å². The molecule has 3 rings (SSSR count). The van der Waals surface area contributed by atoms with E-state index in [2.05, 4.69) is 10.1 Å². The van der Waals surface area contributed by atoms with Gasteiger partial charge in [-0.2, -0.15) is 5.10 Å². The van der Waals surface area contributed by atoms with Gasteiger partial charge in [0.1, 0.15) is 17.9 Å². The molecule has 0 spiro atoms. The van der Waals surface area contributed by atoms with Crippen LogP contribution >= 0.6 is 0 Å². The predicted octanol–water partition coefficient (Wildman–Crippen LogP) is 3.02. The number of aryl methyl sites for hydroxylation is 1. The van der Waals surface area contributed by atoms with Crippen molar-refractivity contribution in [1.82, 2.24) is 14.8 Å². The molecule has 1 aromatic heterocycles. The first-order valence-electron chi connectivity index (χ1n) is 8.17. The number of ketones is 1. The molecule has 1 aromatic rings. The Bertz CT molecular complexity index is 468. The Morgan fingerprint density at radius 1 is 1.25 bits per heavy atom. The lowest BCUT2D eigenvalue weighted by atomic mass is 9.66. The zero-order valence-electron chi connectivity index (χ0n) is 12.4. The topological polar surface area (TPSA) is 47.8 Å². The van der Waals surface area contributed by atoms with E-state index in [1.54, 1.807) is 6.33 Å². The van der Waals surface area contributed by atoms with E-state index in [0.717, 1.165) is 37.0 Å². The van der Waals surface area contributed by atoms with E-state index in [9.17, 15) is 4.79 Å². The van der Waals surface area contributed by atoms with Crippen LogP contribution in [0.25, 0.3) is 0 Å². The summed E-state index contributed by atoms with van der Waals surface area (Å²) in [5.74, 6) is 3.22. The lowest BCUT2D eigenvalue weighted by molar-refractivity contribution is -0.124. The first kappa shape index (κ1) is 13.8. The number of nitrogens with zero attached hydrogens (tertiary/aromatic N) is 3. The predicted molar refractivity (Wildman–Crippen MR) is 77.2 cm³/mol. The van der Waals surface area contributed by atoms with Gasteiger partial charge in [-0.3, -0.25) is 4.79 Å². The quantitative estimate of drug-likeness (QED) is 0.848. The van der Waals surface area contributed by atoms with Gasteiger partial charge < -0.3 is 0 Å². The van der Waals surface area contributed by atoms with Crippen LogP contribution in [0.1, 0.15) is 57.7 Å². The second-order valence-corrected chi connectivity index (χ2v) is 6.45. The van der Waals surface area contributed by atoms with Crippen LogP contribution in [0.4, 0.5) is 0 Å². The summed E-state index contributed by atoms with van der Waals surface area (Å²) >= 11 is 0. The van der Waals surface area contributed by atoms with Crippen molar-refractivity contribution >= 4 is 5.78 Å². The van der Waals surface area contributed by atoms with E-state index < -0.39 is 0 Å². The monoisotopic (exact) mass is 275 g/mol. The Labute approximate surface area is 121 Å². The summed E-state index contributed by atoms with van der Waals surface area (Å²) in [6, 6.07) is 0. The van der Waals surface area contributed by atoms with Crippen LogP contribution in [-0.4, -0.2) is 20.5 Å². The lowest BCUT2D eigenvalue weighted by Gasteiger charge is -2.38. The minimum Gasteiger partial charge on any atom is -0.299 e. The number of rotatable bonds is 4. The third-order valence-electron chi connectivity index (χ3n) is 5.32. The number of Topliss-reactive ketones (excluding diaryl/α,β-unsaturated/α-hetero) is 1. The van der Waals surface area contributed by atoms with Gasteiger partial charge in [-0.05, 0) is 38.0 Å². The second-order valence-electron chi connectivity index (χ2n) is 6.45. The smallest absolute Gasteiger partial charge is 0.143 e. The molecule has 2 aliphatic carbocycles. The van der Waals surface area contributed by atoms with Gasteiger partial charge in [-0.1, -0.05) is 25.7 Å². The highest BCUT2D eigenvalue weighted by Crippen LogP contribution is 2.43. The fourth-order valence-corrected chi connectivity index (χ4v) is 4.16. The molecule has 4 nitrogen and oxygen atoms in total. The molecular weight excluding hydrogens is 250 g/mol. The van der Waals surface area contributed by atoms with Crippen molar-refractivity contribution in [3.05, 3.63) is 12.2 Å². The van der Waals surface area contributed by atoms with Gasteiger partial charge in [-0.25, -0.2) is 9.67 Å². The maximum Gasteiger partial charge on any atom is 0.143 e. The number of fused-ring (bicyclic) bond motifs is 1. The zero-order valence-corrected chi connectivity index (χ0v) is 12.4. The third-order valence-corrected chi connectivity index (χ3v) is 5.32. The number of aromatic nitrogens is 3. The highest BCUT2D eigenvalue weighted by molar-refractivity contribution is 5.82. The maximum atomic E-state index is 12.5. The highest BCUT2D eigenvalue weighted by Gasteiger charge is 2.35. The molecule has 4 heteroatoms. The van der Waals surface area contributed by atoms with E-state index in [-0.39, 0.29) is 5.92 Å². The second kappa shape index (κ2) is 6.06. The van der Waals surface area contributed by atoms with E-state index in [1.807, 2.05) is 11.6 Å². The van der Waals surface area contributed by atoms with Gasteiger partial charge in [-0.15, -0.1) is 0 Å². The van der Waals surface area contributed by atoms with E-state index in [4.69, 9.17) is 0 Å². The highest BCUT2D eigenvalue weighted by atomic mass is 16.1. The minimum absolute atomic E-state index is 0.274. The summed E-state index contributed by atoms with van der Waals surface area (Å²) in [5.41, 5.74) is 0. The molecule has 3 atom stereocenters. The molecule has 2 saturated carbocycles. The Morgan fingerprint density at radius 2 is 2.05 bits per heavy atom. The van der Waals surface area contributed by atoms with Gasteiger partial charge in [0.2, 0.25) is 0 Å². The van der Waals surface area contributed by atoms with Crippen molar-refractivity contribution < 1.29 is 4.79 Å². The summed E-state index contributed by atoms with van der Waals surface area (Å²) in [6.45, 7) is 2.83. The largest absolute Gasteiger partial charge is 0.299 e.